The highest BCUT2D eigenvalue weighted by Gasteiger charge is 2.25. The molecule has 0 radical (unpaired) electrons. The Hall–Kier alpha value is -1.47. The highest BCUT2D eigenvalue weighted by Crippen LogP contribution is 2.14. The zero-order valence-electron chi connectivity index (χ0n) is 12.7. The largest absolute Gasteiger partial charge is 0.469 e. The van der Waals surface area contributed by atoms with Crippen LogP contribution in [0.25, 0.3) is 0 Å². The standard InChI is InChI=1S/C14H22N2O4S/c1-12(2)16(11-13-7-4-5-9-15-13)21(18,19)10-6-8-14(17)20-3/h4-5,7,9,12H,6,8,10-11H2,1-3H3. The fraction of sp³-hybridized carbons (Fsp3) is 0.571. The van der Waals surface area contributed by atoms with Crippen LogP contribution in [0.5, 0.6) is 0 Å². The molecule has 1 heterocycles. The molecule has 0 aliphatic heterocycles. The molecule has 1 aromatic heterocycles. The van der Waals surface area contributed by atoms with E-state index in [9.17, 15) is 13.2 Å². The number of carbonyl (C=O) groups excluding carboxylic acids is 1. The lowest BCUT2D eigenvalue weighted by molar-refractivity contribution is -0.140. The molecule has 0 atom stereocenters. The van der Waals surface area contributed by atoms with Crippen LogP contribution in [-0.2, 0) is 26.1 Å². The van der Waals surface area contributed by atoms with E-state index >= 15 is 0 Å². The molecular weight excluding hydrogens is 292 g/mol. The van der Waals surface area contributed by atoms with Gasteiger partial charge in [-0.1, -0.05) is 6.07 Å². The lowest BCUT2D eigenvalue weighted by Gasteiger charge is -2.25. The highest BCUT2D eigenvalue weighted by molar-refractivity contribution is 7.89. The number of esters is 1. The molecule has 118 valence electrons. The highest BCUT2D eigenvalue weighted by atomic mass is 32.2. The third kappa shape index (κ3) is 5.81. The van der Waals surface area contributed by atoms with E-state index in [-0.39, 0.29) is 31.2 Å². The third-order valence-corrected chi connectivity index (χ3v) is 5.06. The van der Waals surface area contributed by atoms with Gasteiger partial charge in [-0.2, -0.15) is 4.31 Å². The number of rotatable bonds is 8. The first-order chi connectivity index (χ1) is 9.86. The van der Waals surface area contributed by atoms with Crippen LogP contribution in [0.15, 0.2) is 24.4 Å². The predicted octanol–water partition coefficient (Wildman–Crippen LogP) is 1.57. The van der Waals surface area contributed by atoms with E-state index in [1.165, 1.54) is 11.4 Å². The minimum absolute atomic E-state index is 0.0763. The second-order valence-electron chi connectivity index (χ2n) is 4.96. The Morgan fingerprint density at radius 2 is 2.10 bits per heavy atom. The summed E-state index contributed by atoms with van der Waals surface area (Å²) in [6, 6.07) is 5.23. The Balaban J connectivity index is 2.72. The van der Waals surface area contributed by atoms with Crippen LogP contribution >= 0.6 is 0 Å². The monoisotopic (exact) mass is 314 g/mol. The summed E-state index contributed by atoms with van der Waals surface area (Å²) >= 11 is 0. The van der Waals surface area contributed by atoms with Crippen molar-refractivity contribution in [2.24, 2.45) is 0 Å². The second-order valence-corrected chi connectivity index (χ2v) is 7.00. The summed E-state index contributed by atoms with van der Waals surface area (Å²) in [4.78, 5) is 15.2. The Bertz CT molecular complexity index is 543. The van der Waals surface area contributed by atoms with Gasteiger partial charge in [0.15, 0.2) is 0 Å². The van der Waals surface area contributed by atoms with Crippen LogP contribution in [-0.4, -0.2) is 42.6 Å². The smallest absolute Gasteiger partial charge is 0.305 e. The lowest BCUT2D eigenvalue weighted by Crippen LogP contribution is -2.38. The minimum atomic E-state index is -3.44. The van der Waals surface area contributed by atoms with Gasteiger partial charge in [-0.25, -0.2) is 8.42 Å². The third-order valence-electron chi connectivity index (χ3n) is 2.99. The quantitative estimate of drug-likeness (QED) is 0.681. The van der Waals surface area contributed by atoms with E-state index in [4.69, 9.17) is 0 Å². The number of sulfonamides is 1. The maximum Gasteiger partial charge on any atom is 0.305 e. The Morgan fingerprint density at radius 1 is 1.38 bits per heavy atom. The molecule has 0 bridgehead atoms. The molecule has 0 unspecified atom stereocenters. The van der Waals surface area contributed by atoms with Crippen molar-refractivity contribution >= 4 is 16.0 Å². The Kier molecular flexibility index (Phi) is 6.77. The number of ether oxygens (including phenoxy) is 1. The number of carbonyl (C=O) groups is 1. The Labute approximate surface area is 126 Å². The summed E-state index contributed by atoms with van der Waals surface area (Å²) in [6.07, 6.45) is 1.99. The average molecular weight is 314 g/mol. The predicted molar refractivity (Wildman–Crippen MR) is 80.0 cm³/mol. The van der Waals surface area contributed by atoms with E-state index in [1.807, 2.05) is 19.9 Å². The van der Waals surface area contributed by atoms with Crippen molar-refractivity contribution in [2.75, 3.05) is 12.9 Å². The fourth-order valence-electron chi connectivity index (χ4n) is 1.87. The topological polar surface area (TPSA) is 76.6 Å². The zero-order valence-corrected chi connectivity index (χ0v) is 13.5. The summed E-state index contributed by atoms with van der Waals surface area (Å²) < 4.78 is 30.7. The molecule has 0 amide bonds. The molecule has 0 spiro atoms. The molecule has 1 rings (SSSR count). The van der Waals surface area contributed by atoms with Gasteiger partial charge in [0.1, 0.15) is 0 Å². The van der Waals surface area contributed by atoms with Gasteiger partial charge in [-0.15, -0.1) is 0 Å². The van der Waals surface area contributed by atoms with Crippen molar-refractivity contribution in [3.8, 4) is 0 Å². The maximum atomic E-state index is 12.4. The van der Waals surface area contributed by atoms with Gasteiger partial charge in [0.2, 0.25) is 10.0 Å². The molecule has 0 N–H and O–H groups in total. The lowest BCUT2D eigenvalue weighted by atomic mass is 10.3. The van der Waals surface area contributed by atoms with Crippen LogP contribution in [0, 0.1) is 0 Å². The summed E-state index contributed by atoms with van der Waals surface area (Å²) in [5.74, 6) is -0.473. The molecule has 0 aliphatic carbocycles. The van der Waals surface area contributed by atoms with Gasteiger partial charge in [-0.05, 0) is 32.4 Å². The number of hydrogen-bond donors (Lipinski definition) is 0. The Morgan fingerprint density at radius 3 is 2.62 bits per heavy atom. The molecule has 6 nitrogen and oxygen atoms in total. The van der Waals surface area contributed by atoms with Gasteiger partial charge < -0.3 is 4.74 Å². The molecule has 0 saturated carbocycles. The van der Waals surface area contributed by atoms with Gasteiger partial charge >= 0.3 is 5.97 Å². The van der Waals surface area contributed by atoms with Crippen LogP contribution < -0.4 is 0 Å². The van der Waals surface area contributed by atoms with Gasteiger partial charge in [-0.3, -0.25) is 9.78 Å². The number of hydrogen-bond acceptors (Lipinski definition) is 5. The number of pyridine rings is 1. The van der Waals surface area contributed by atoms with Crippen molar-refractivity contribution < 1.29 is 17.9 Å². The first-order valence-electron chi connectivity index (χ1n) is 6.83. The van der Waals surface area contributed by atoms with Crippen LogP contribution in [0.4, 0.5) is 0 Å². The van der Waals surface area contributed by atoms with E-state index < -0.39 is 16.0 Å². The van der Waals surface area contributed by atoms with Crippen LogP contribution in [0.3, 0.4) is 0 Å². The van der Waals surface area contributed by atoms with Crippen molar-refractivity contribution in [1.29, 1.82) is 0 Å². The van der Waals surface area contributed by atoms with Crippen molar-refractivity contribution in [1.82, 2.24) is 9.29 Å². The first kappa shape index (κ1) is 17.6. The van der Waals surface area contributed by atoms with Crippen LogP contribution in [0.1, 0.15) is 32.4 Å². The summed E-state index contributed by atoms with van der Waals surface area (Å²) in [6.45, 7) is 3.88. The summed E-state index contributed by atoms with van der Waals surface area (Å²) in [5.41, 5.74) is 0.697. The van der Waals surface area contributed by atoms with E-state index in [0.717, 1.165) is 0 Å². The van der Waals surface area contributed by atoms with Crippen molar-refractivity contribution in [2.45, 2.75) is 39.3 Å². The number of nitrogens with zero attached hydrogens (tertiary/aromatic N) is 2. The summed E-state index contributed by atoms with van der Waals surface area (Å²) in [7, 11) is -2.15. The number of methoxy groups -OCH3 is 1. The SMILES string of the molecule is COC(=O)CCCS(=O)(=O)N(Cc1ccccn1)C(C)C. The zero-order chi connectivity index (χ0) is 15.9. The number of aromatic nitrogens is 1. The molecule has 0 fully saturated rings. The van der Waals surface area contributed by atoms with Gasteiger partial charge in [0.25, 0.3) is 0 Å². The van der Waals surface area contributed by atoms with Gasteiger partial charge in [0.05, 0.1) is 25.1 Å². The fourth-order valence-corrected chi connectivity index (χ4v) is 3.59. The van der Waals surface area contributed by atoms with Crippen LogP contribution in [0.2, 0.25) is 0 Å². The normalized spacial score (nSPS) is 11.9. The van der Waals surface area contributed by atoms with Crippen molar-refractivity contribution in [3.05, 3.63) is 30.1 Å². The van der Waals surface area contributed by atoms with E-state index in [2.05, 4.69) is 9.72 Å². The first-order valence-corrected chi connectivity index (χ1v) is 8.44. The molecule has 21 heavy (non-hydrogen) atoms. The average Bonchev–Trinajstić information content (AvgIpc) is 2.45. The van der Waals surface area contributed by atoms with Crippen molar-refractivity contribution in [3.63, 3.8) is 0 Å². The van der Waals surface area contributed by atoms with Gasteiger partial charge in [0, 0.05) is 18.7 Å². The molecule has 0 aromatic carbocycles. The maximum absolute atomic E-state index is 12.4. The van der Waals surface area contributed by atoms with E-state index in [0.29, 0.717) is 5.69 Å². The minimum Gasteiger partial charge on any atom is -0.469 e. The molecule has 0 saturated heterocycles. The van der Waals surface area contributed by atoms with E-state index in [1.54, 1.807) is 18.3 Å². The molecule has 7 heteroatoms. The second kappa shape index (κ2) is 8.09. The molecular formula is C14H22N2O4S. The summed E-state index contributed by atoms with van der Waals surface area (Å²) in [5, 5.41) is 0. The molecule has 0 aliphatic rings. The molecule has 1 aromatic rings.